The van der Waals surface area contributed by atoms with Crippen LogP contribution in [-0.2, 0) is 36.2 Å². The zero-order chi connectivity index (χ0) is 37.2. The fraction of sp³-hybridized carbons (Fsp3) is 0.200. The van der Waals surface area contributed by atoms with Gasteiger partial charge in [-0.3, -0.25) is 0 Å². The molecule has 2 radical (unpaired) electrons. The van der Waals surface area contributed by atoms with Crippen molar-refractivity contribution in [3.8, 4) is 22.3 Å². The van der Waals surface area contributed by atoms with Gasteiger partial charge in [-0.25, -0.2) is 0 Å². The van der Waals surface area contributed by atoms with E-state index in [0.29, 0.717) is 12.1 Å². The Balaban J connectivity index is 0.000000700. The molecule has 0 aliphatic heterocycles. The first-order chi connectivity index (χ1) is 23.9. The molecule has 0 aliphatic carbocycles. The summed E-state index contributed by atoms with van der Waals surface area (Å²) in [6, 6.07) is 40.2. The molecule has 0 unspecified atom stereocenters. The molecule has 0 saturated heterocycles. The van der Waals surface area contributed by atoms with Gasteiger partial charge in [-0.1, -0.05) is 97.8 Å². The van der Waals surface area contributed by atoms with E-state index in [-0.39, 0.29) is 24.8 Å². The molecule has 0 nitrogen and oxygen atoms in total. The van der Waals surface area contributed by atoms with Crippen LogP contribution in [0.15, 0.2) is 121 Å². The van der Waals surface area contributed by atoms with Crippen molar-refractivity contribution < 1.29 is 23.3 Å². The Morgan fingerprint density at radius 3 is 1.12 bits per heavy atom. The van der Waals surface area contributed by atoms with Crippen LogP contribution in [0.5, 0.6) is 0 Å². The molecule has 0 bridgehead atoms. The summed E-state index contributed by atoms with van der Waals surface area (Å²) < 4.78 is 0. The summed E-state index contributed by atoms with van der Waals surface area (Å²) in [5.41, 5.74) is 8.11. The van der Waals surface area contributed by atoms with Crippen LogP contribution < -0.4 is 0 Å². The molecule has 280 valence electrons. The van der Waals surface area contributed by atoms with Crippen LogP contribution >= 0.6 is 91.3 Å². The van der Waals surface area contributed by atoms with E-state index in [1.165, 1.54) is 78.3 Å². The van der Waals surface area contributed by atoms with Gasteiger partial charge in [-0.05, 0) is 36.1 Å². The van der Waals surface area contributed by atoms with Gasteiger partial charge in [0.1, 0.15) is 0 Å². The number of hydrogen-bond donors (Lipinski definition) is 0. The van der Waals surface area contributed by atoms with Gasteiger partial charge in [0.05, 0.1) is 0 Å². The summed E-state index contributed by atoms with van der Waals surface area (Å²) >= 11 is 34.1. The van der Waals surface area contributed by atoms with E-state index in [9.17, 15) is 0 Å². The monoisotopic (exact) mass is 978 g/mol. The van der Waals surface area contributed by atoms with E-state index in [4.69, 9.17) is 66.5 Å². The molecule has 0 fully saturated rings. The standard InChI is InChI=1S/2C17H15.2C3H6Cl3Si.2ClH.Si.Zr/c2*1-2-13-11-15-9-6-10-16(17(15)12-13)14-7-4-3-5-8-14;2*1-2-3-7(4,5)6;;;;/h2*3-12H,2H2,1H3;2*1-3H2;2*1H;;/q4*-1;;;;. The number of aryl methyl sites for hydroxylation is 2. The van der Waals surface area contributed by atoms with Gasteiger partial charge in [-0.2, -0.15) is 25.0 Å². The van der Waals surface area contributed by atoms with Crippen LogP contribution in [0.1, 0.15) is 37.8 Å². The Kier molecular flexibility index (Phi) is 27.5. The van der Waals surface area contributed by atoms with Crippen LogP contribution in [0.25, 0.3) is 43.8 Å². The van der Waals surface area contributed by atoms with E-state index in [1.807, 2.05) is 0 Å². The molecule has 0 spiro atoms. The van der Waals surface area contributed by atoms with Crippen LogP contribution in [0.2, 0.25) is 12.1 Å². The molecule has 52 heavy (non-hydrogen) atoms. The summed E-state index contributed by atoms with van der Waals surface area (Å²) in [4.78, 5) is 0. The second kappa shape index (κ2) is 27.5. The van der Waals surface area contributed by atoms with Gasteiger partial charge in [0, 0.05) is 0 Å². The zero-order valence-electron chi connectivity index (χ0n) is 29.3. The fourth-order valence-corrected chi connectivity index (χ4v) is 8.35. The predicted molar refractivity (Wildman–Crippen MR) is 245 cm³/mol. The molecule has 6 aromatic rings. The van der Waals surface area contributed by atoms with Crippen molar-refractivity contribution >= 4 is 132 Å². The average molecular weight is 984 g/mol. The van der Waals surface area contributed by atoms with E-state index in [0.717, 1.165) is 25.7 Å². The summed E-state index contributed by atoms with van der Waals surface area (Å²) in [5, 5.41) is 5.44. The first kappa shape index (κ1) is 52.0. The molecule has 6 rings (SSSR count). The van der Waals surface area contributed by atoms with Gasteiger partial charge in [0.25, 0.3) is 0 Å². The van der Waals surface area contributed by atoms with Crippen molar-refractivity contribution in [3.05, 3.63) is 146 Å². The van der Waals surface area contributed by atoms with Crippen molar-refractivity contribution in [2.45, 2.75) is 51.6 Å². The third-order valence-corrected chi connectivity index (χ3v) is 12.8. The van der Waals surface area contributed by atoms with Gasteiger partial charge in [0.2, 0.25) is 0 Å². The predicted octanol–water partition coefficient (Wildman–Crippen LogP) is 15.8. The van der Waals surface area contributed by atoms with Crippen molar-refractivity contribution in [2.75, 3.05) is 0 Å². The number of benzene rings is 4. The van der Waals surface area contributed by atoms with E-state index >= 15 is 0 Å². The average Bonchev–Trinajstić information content (AvgIpc) is 3.74. The van der Waals surface area contributed by atoms with Crippen molar-refractivity contribution in [2.24, 2.45) is 0 Å². The molecule has 0 heterocycles. The molecule has 0 amide bonds. The zero-order valence-corrected chi connectivity index (χ0v) is 40.9. The van der Waals surface area contributed by atoms with Crippen LogP contribution in [-0.4, -0.2) is 18.9 Å². The Morgan fingerprint density at radius 1 is 0.538 bits per heavy atom. The Labute approximate surface area is 371 Å². The van der Waals surface area contributed by atoms with Gasteiger partial charge < -0.3 is 13.8 Å². The first-order valence-corrected chi connectivity index (χ1v) is 31.0. The Hall–Kier alpha value is -0.0462. The van der Waals surface area contributed by atoms with Crippen molar-refractivity contribution in [1.82, 2.24) is 0 Å². The van der Waals surface area contributed by atoms with E-state index in [1.54, 1.807) is 0 Å². The fourth-order valence-electron chi connectivity index (χ4n) is 5.14. The molecule has 0 saturated carbocycles. The molecule has 0 aromatic heterocycles. The quantitative estimate of drug-likeness (QED) is 0.0810. The molecular formula is C40H44Cl8Si3Zr-4. The van der Waals surface area contributed by atoms with Gasteiger partial charge >= 0.3 is 42.2 Å². The second-order valence-corrected chi connectivity index (χ2v) is 29.8. The topological polar surface area (TPSA) is 0 Å². The Morgan fingerprint density at radius 2 is 0.865 bits per heavy atom. The maximum atomic E-state index is 5.46. The molecule has 0 N–H and O–H groups in total. The molecule has 6 aromatic carbocycles. The van der Waals surface area contributed by atoms with Crippen LogP contribution in [0.4, 0.5) is 0 Å². The number of rotatable bonds is 8. The summed E-state index contributed by atoms with van der Waals surface area (Å²) in [7, 11) is 0. The SMILES string of the molecule is CCc1cc2c(-c3ccccc3)cccc2[cH-]1.CCc1cc2c(-c3ccccc3)cccc2[cH-]1.Cl.Cl.[CH2-]CC[Si](Cl)(Cl)Cl.[CH2-]CC[Si](Cl)(Cl)Cl.[Si]=[Zr]. The van der Waals surface area contributed by atoms with Crippen LogP contribution in [0, 0.1) is 13.8 Å². The molecular weight excluding hydrogens is 940 g/mol. The minimum absolute atomic E-state index is 0. The molecule has 0 atom stereocenters. The normalized spacial score (nSPS) is 10.4. The maximum absolute atomic E-state index is 5.46. The molecule has 12 heteroatoms. The van der Waals surface area contributed by atoms with Gasteiger partial charge in [-0.15, -0.1) is 160 Å². The van der Waals surface area contributed by atoms with Crippen LogP contribution in [0.3, 0.4) is 0 Å². The molecule has 0 aliphatic rings. The van der Waals surface area contributed by atoms with Crippen molar-refractivity contribution in [1.29, 1.82) is 0 Å². The number of halogens is 8. The second-order valence-electron chi connectivity index (χ2n) is 11.2. The third-order valence-electron chi connectivity index (χ3n) is 7.53. The number of fused-ring (bicyclic) bond motifs is 2. The van der Waals surface area contributed by atoms with E-state index in [2.05, 4.69) is 156 Å². The third kappa shape index (κ3) is 18.7. The minimum atomic E-state index is -2.30. The summed E-state index contributed by atoms with van der Waals surface area (Å²) in [6.07, 6.45) is 3.65. The number of hydrogen-bond acceptors (Lipinski definition) is 0. The first-order valence-electron chi connectivity index (χ1n) is 16.3. The van der Waals surface area contributed by atoms with E-state index < -0.39 is 12.0 Å². The summed E-state index contributed by atoms with van der Waals surface area (Å²) in [5.74, 6) is 0. The Bertz CT molecular complexity index is 1680. The van der Waals surface area contributed by atoms with Crippen molar-refractivity contribution in [3.63, 3.8) is 0 Å². The summed E-state index contributed by atoms with van der Waals surface area (Å²) in [6.45, 7) is 14.6. The van der Waals surface area contributed by atoms with Gasteiger partial charge in [0.15, 0.2) is 0 Å².